The van der Waals surface area contributed by atoms with Crippen molar-refractivity contribution in [3.63, 3.8) is 0 Å². The maximum absolute atomic E-state index is 11.8. The van der Waals surface area contributed by atoms with Gasteiger partial charge in [-0.25, -0.2) is 4.79 Å². The number of nitrogen functional groups attached to an aromatic ring is 1. The number of carbonyl (C=O) groups excluding carboxylic acids is 1. The van der Waals surface area contributed by atoms with Crippen molar-refractivity contribution in [2.45, 2.75) is 0 Å². The van der Waals surface area contributed by atoms with Gasteiger partial charge in [-0.15, -0.1) is 0 Å². The minimum absolute atomic E-state index is 0.251. The standard InChI is InChI=1S/C14H11ClN2O2/c15-12-9-5-4-8-11(12)14(18)19-17-13(16)10-6-2-1-3-7-10/h1-9H,(H2,16,17)/p+1. The van der Waals surface area contributed by atoms with Gasteiger partial charge in [-0.2, -0.15) is 0 Å². The summed E-state index contributed by atoms with van der Waals surface area (Å²) in [5, 5.41) is 2.74. The van der Waals surface area contributed by atoms with Gasteiger partial charge in [0.25, 0.3) is 0 Å². The first-order valence-corrected chi connectivity index (χ1v) is 5.96. The number of hydrogen-bond donors (Lipinski definition) is 2. The van der Waals surface area contributed by atoms with Crippen LogP contribution in [-0.2, 0) is 4.84 Å². The van der Waals surface area contributed by atoms with E-state index in [1.54, 1.807) is 36.4 Å². The minimum atomic E-state index is -0.593. The molecule has 0 saturated heterocycles. The second-order valence-corrected chi connectivity index (χ2v) is 4.16. The van der Waals surface area contributed by atoms with Crippen molar-refractivity contribution in [1.29, 1.82) is 0 Å². The Bertz CT molecular complexity index is 612. The highest BCUT2D eigenvalue weighted by Gasteiger charge is 2.13. The maximum Gasteiger partial charge on any atom is 0.389 e. The summed E-state index contributed by atoms with van der Waals surface area (Å²) >= 11 is 5.88. The summed E-state index contributed by atoms with van der Waals surface area (Å²) in [6.07, 6.45) is 0. The number of amidine groups is 1. The highest BCUT2D eigenvalue weighted by Crippen LogP contribution is 2.14. The largest absolute Gasteiger partial charge is 0.389 e. The topological polar surface area (TPSA) is 66.3 Å². The van der Waals surface area contributed by atoms with Gasteiger partial charge >= 0.3 is 11.8 Å². The smallest absolute Gasteiger partial charge is 0.284 e. The molecule has 0 aliphatic rings. The summed E-state index contributed by atoms with van der Waals surface area (Å²) in [6, 6.07) is 15.8. The van der Waals surface area contributed by atoms with Crippen molar-refractivity contribution >= 4 is 23.4 Å². The van der Waals surface area contributed by atoms with Gasteiger partial charge in [0.2, 0.25) is 0 Å². The van der Waals surface area contributed by atoms with Crippen LogP contribution in [0.2, 0.25) is 5.02 Å². The van der Waals surface area contributed by atoms with E-state index in [0.29, 0.717) is 5.02 Å². The summed E-state index contributed by atoms with van der Waals surface area (Å²) in [7, 11) is 0. The zero-order chi connectivity index (χ0) is 13.7. The molecule has 0 radical (unpaired) electrons. The van der Waals surface area contributed by atoms with Crippen LogP contribution in [-0.4, -0.2) is 11.8 Å². The first-order valence-electron chi connectivity index (χ1n) is 5.58. The number of carbonyl (C=O) groups is 1. The average molecular weight is 276 g/mol. The Morgan fingerprint density at radius 2 is 1.68 bits per heavy atom. The van der Waals surface area contributed by atoms with Crippen LogP contribution >= 0.6 is 11.6 Å². The molecule has 19 heavy (non-hydrogen) atoms. The first kappa shape index (κ1) is 13.1. The van der Waals surface area contributed by atoms with Crippen LogP contribution in [0.25, 0.3) is 0 Å². The van der Waals surface area contributed by atoms with E-state index in [1.165, 1.54) is 0 Å². The molecule has 4 nitrogen and oxygen atoms in total. The van der Waals surface area contributed by atoms with Crippen molar-refractivity contribution in [3.8, 4) is 0 Å². The molecule has 0 bridgehead atoms. The van der Waals surface area contributed by atoms with Gasteiger partial charge in [-0.3, -0.25) is 10.6 Å². The molecule has 5 heteroatoms. The normalized spacial score (nSPS) is 11.1. The fourth-order valence-electron chi connectivity index (χ4n) is 1.46. The molecule has 2 rings (SSSR count). The van der Waals surface area contributed by atoms with E-state index in [2.05, 4.69) is 5.16 Å². The van der Waals surface area contributed by atoms with E-state index in [-0.39, 0.29) is 11.4 Å². The zero-order valence-electron chi connectivity index (χ0n) is 9.97. The van der Waals surface area contributed by atoms with E-state index in [1.807, 2.05) is 18.2 Å². The zero-order valence-corrected chi connectivity index (χ0v) is 10.7. The molecule has 0 fully saturated rings. The van der Waals surface area contributed by atoms with Crippen LogP contribution in [0.5, 0.6) is 0 Å². The third kappa shape index (κ3) is 3.33. The molecule has 0 spiro atoms. The van der Waals surface area contributed by atoms with Crippen LogP contribution < -0.4 is 10.9 Å². The monoisotopic (exact) mass is 275 g/mol. The summed E-state index contributed by atoms with van der Waals surface area (Å²) in [5.74, 6) is -0.342. The van der Waals surface area contributed by atoms with Crippen LogP contribution in [0.3, 0.4) is 0 Å². The van der Waals surface area contributed by atoms with E-state index in [0.717, 1.165) is 5.56 Å². The quantitative estimate of drug-likeness (QED) is 0.379. The predicted molar refractivity (Wildman–Crippen MR) is 72.6 cm³/mol. The second-order valence-electron chi connectivity index (χ2n) is 3.75. The Morgan fingerprint density at radius 3 is 2.37 bits per heavy atom. The Morgan fingerprint density at radius 1 is 1.05 bits per heavy atom. The Kier molecular flexibility index (Phi) is 4.15. The molecule has 2 aromatic carbocycles. The van der Waals surface area contributed by atoms with Crippen LogP contribution in [0.4, 0.5) is 0 Å². The number of benzene rings is 2. The molecule has 0 aliphatic heterocycles. The van der Waals surface area contributed by atoms with Gasteiger partial charge in [0, 0.05) is 0 Å². The SMILES string of the molecule is NC(=[NH+]OC(=O)c1ccccc1Cl)c1ccccc1. The van der Waals surface area contributed by atoms with Crippen molar-refractivity contribution < 1.29 is 14.8 Å². The van der Waals surface area contributed by atoms with Crippen LogP contribution in [0.15, 0.2) is 54.6 Å². The summed E-state index contributed by atoms with van der Waals surface area (Å²) in [4.78, 5) is 16.7. The summed E-state index contributed by atoms with van der Waals surface area (Å²) < 4.78 is 0. The second kappa shape index (κ2) is 6.02. The van der Waals surface area contributed by atoms with Gasteiger partial charge in [-0.1, -0.05) is 47.1 Å². The van der Waals surface area contributed by atoms with Gasteiger partial charge in [0.15, 0.2) is 0 Å². The molecule has 0 aromatic heterocycles. The molecular weight excluding hydrogens is 264 g/mol. The average Bonchev–Trinajstić information content (AvgIpc) is 2.46. The predicted octanol–water partition coefficient (Wildman–Crippen LogP) is 0.898. The molecule has 0 aliphatic carbocycles. The lowest BCUT2D eigenvalue weighted by molar-refractivity contribution is -0.721. The fraction of sp³-hybridized carbons (Fsp3) is 0. The first-order chi connectivity index (χ1) is 9.18. The van der Waals surface area contributed by atoms with Crippen molar-refractivity contribution in [2.24, 2.45) is 5.73 Å². The van der Waals surface area contributed by atoms with Gasteiger partial charge < -0.3 is 0 Å². The van der Waals surface area contributed by atoms with Crippen molar-refractivity contribution in [3.05, 3.63) is 70.7 Å². The lowest BCUT2D eigenvalue weighted by Gasteiger charge is -1.99. The molecule has 0 unspecified atom stereocenters. The van der Waals surface area contributed by atoms with E-state index >= 15 is 0 Å². The number of halogens is 1. The molecule has 96 valence electrons. The molecule has 3 N–H and O–H groups in total. The number of nitrogens with one attached hydrogen (secondary N) is 1. The highest BCUT2D eigenvalue weighted by atomic mass is 35.5. The van der Waals surface area contributed by atoms with Gasteiger partial charge in [0.05, 0.1) is 16.1 Å². The number of nitrogens with two attached hydrogens (primary N) is 1. The highest BCUT2D eigenvalue weighted by molar-refractivity contribution is 6.33. The molecule has 0 heterocycles. The van der Waals surface area contributed by atoms with E-state index < -0.39 is 5.97 Å². The number of rotatable bonds is 3. The Hall–Kier alpha value is -2.33. The summed E-state index contributed by atoms with van der Waals surface area (Å²) in [6.45, 7) is 0. The fourth-order valence-corrected chi connectivity index (χ4v) is 1.67. The lowest BCUT2D eigenvalue weighted by Crippen LogP contribution is -2.75. The summed E-state index contributed by atoms with van der Waals surface area (Å²) in [5.41, 5.74) is 6.76. The molecule has 0 saturated carbocycles. The molecule has 2 aromatic rings. The third-order valence-electron chi connectivity index (χ3n) is 2.43. The van der Waals surface area contributed by atoms with Gasteiger partial charge in [-0.05, 0) is 24.3 Å². The van der Waals surface area contributed by atoms with Crippen LogP contribution in [0, 0.1) is 0 Å². The Balaban J connectivity index is 2.11. The van der Waals surface area contributed by atoms with Crippen LogP contribution in [0.1, 0.15) is 15.9 Å². The molecule has 0 amide bonds. The third-order valence-corrected chi connectivity index (χ3v) is 2.76. The maximum atomic E-state index is 11.8. The van der Waals surface area contributed by atoms with E-state index in [9.17, 15) is 4.79 Å². The lowest BCUT2D eigenvalue weighted by atomic mass is 10.2. The van der Waals surface area contributed by atoms with Crippen molar-refractivity contribution in [1.82, 2.24) is 0 Å². The molecule has 0 atom stereocenters. The molecular formula is C14H12ClN2O2+. The Labute approximate surface area is 115 Å². The van der Waals surface area contributed by atoms with E-state index in [4.69, 9.17) is 22.2 Å². The minimum Gasteiger partial charge on any atom is -0.284 e. The van der Waals surface area contributed by atoms with Gasteiger partial charge in [0.1, 0.15) is 0 Å². The number of hydrogen-bond acceptors (Lipinski definition) is 2. The van der Waals surface area contributed by atoms with Crippen molar-refractivity contribution in [2.75, 3.05) is 0 Å².